The van der Waals surface area contributed by atoms with Crippen molar-refractivity contribution >= 4 is 7.82 Å². The average Bonchev–Trinajstić information content (AvgIpc) is 2.95. The van der Waals surface area contributed by atoms with Gasteiger partial charge in [0.2, 0.25) is 0 Å². The van der Waals surface area contributed by atoms with Crippen molar-refractivity contribution in [2.24, 2.45) is 17.6 Å². The molecule has 0 spiro atoms. The number of aliphatic hydroxyl groups is 2. The third-order valence-corrected chi connectivity index (χ3v) is 9.05. The maximum atomic E-state index is 13.1. The first-order valence-corrected chi connectivity index (χ1v) is 18.3. The van der Waals surface area contributed by atoms with Crippen molar-refractivity contribution in [3.8, 4) is 0 Å². The smallest absolute Gasteiger partial charge is 0.394 e. The molecule has 7 nitrogen and oxygen atoms in total. The number of phosphoric ester groups is 1. The number of unbranched alkanes of at least 4 members (excludes halogenated alkanes) is 10. The minimum atomic E-state index is -4.17. The molecule has 0 saturated heterocycles. The topological polar surface area (TPSA) is 122 Å². The lowest BCUT2D eigenvalue weighted by Gasteiger charge is -2.40. The van der Waals surface area contributed by atoms with Gasteiger partial charge in [0.05, 0.1) is 25.4 Å². The molecule has 0 amide bonds. The van der Waals surface area contributed by atoms with Gasteiger partial charge in [-0.15, -0.1) is 0 Å². The van der Waals surface area contributed by atoms with Crippen LogP contribution in [0.5, 0.6) is 0 Å². The SMILES string of the molecule is CCCCCCCCCCCC(CC(CC)CCCC)(CC(CC)CCCC)OP(=O)(O)OCCN.OCCO. The van der Waals surface area contributed by atoms with Gasteiger partial charge < -0.3 is 20.8 Å². The molecule has 8 heteroatoms. The van der Waals surface area contributed by atoms with Crippen molar-refractivity contribution in [3.63, 3.8) is 0 Å². The Balaban J connectivity index is 0. The van der Waals surface area contributed by atoms with E-state index >= 15 is 0 Å². The predicted molar refractivity (Wildman–Crippen MR) is 171 cm³/mol. The van der Waals surface area contributed by atoms with Crippen LogP contribution in [-0.2, 0) is 13.6 Å². The fourth-order valence-electron chi connectivity index (χ4n) is 5.54. The Morgan fingerprint density at radius 1 is 0.700 bits per heavy atom. The van der Waals surface area contributed by atoms with Crippen LogP contribution in [0.1, 0.15) is 163 Å². The zero-order valence-electron chi connectivity index (χ0n) is 27.2. The van der Waals surface area contributed by atoms with E-state index in [0.29, 0.717) is 11.8 Å². The van der Waals surface area contributed by atoms with Gasteiger partial charge >= 0.3 is 7.82 Å². The molecular formula is C32H70NO6P. The van der Waals surface area contributed by atoms with Crippen LogP contribution in [0, 0.1) is 11.8 Å². The van der Waals surface area contributed by atoms with Crippen LogP contribution in [-0.4, -0.2) is 47.1 Å². The summed E-state index contributed by atoms with van der Waals surface area (Å²) in [6.07, 6.45) is 23.1. The van der Waals surface area contributed by atoms with Gasteiger partial charge in [0.25, 0.3) is 0 Å². The van der Waals surface area contributed by atoms with E-state index in [-0.39, 0.29) is 26.4 Å². The summed E-state index contributed by atoms with van der Waals surface area (Å²) in [4.78, 5) is 10.7. The first-order valence-electron chi connectivity index (χ1n) is 16.8. The molecule has 0 aromatic carbocycles. The third kappa shape index (κ3) is 24.6. The Morgan fingerprint density at radius 2 is 1.12 bits per heavy atom. The van der Waals surface area contributed by atoms with Crippen molar-refractivity contribution in [2.75, 3.05) is 26.4 Å². The lowest BCUT2D eigenvalue weighted by Crippen LogP contribution is -2.37. The van der Waals surface area contributed by atoms with Gasteiger partial charge in [-0.05, 0) is 31.1 Å². The fraction of sp³-hybridized carbons (Fsp3) is 1.00. The first kappa shape index (κ1) is 42.1. The van der Waals surface area contributed by atoms with E-state index in [4.69, 9.17) is 25.0 Å². The molecule has 3 unspecified atom stereocenters. The van der Waals surface area contributed by atoms with Gasteiger partial charge in [-0.25, -0.2) is 4.57 Å². The second kappa shape index (κ2) is 29.1. The summed E-state index contributed by atoms with van der Waals surface area (Å²) < 4.78 is 24.6. The maximum absolute atomic E-state index is 13.1. The quantitative estimate of drug-likeness (QED) is 0.0526. The summed E-state index contributed by atoms with van der Waals surface area (Å²) in [5, 5.41) is 15.2. The third-order valence-electron chi connectivity index (χ3n) is 7.93. The van der Waals surface area contributed by atoms with Gasteiger partial charge in [0, 0.05) is 6.54 Å². The highest BCUT2D eigenvalue weighted by atomic mass is 31.2. The molecule has 0 fully saturated rings. The van der Waals surface area contributed by atoms with Crippen LogP contribution < -0.4 is 5.73 Å². The van der Waals surface area contributed by atoms with E-state index in [1.807, 2.05) is 0 Å². The zero-order chi connectivity index (χ0) is 30.5. The summed E-state index contributed by atoms with van der Waals surface area (Å²) in [5.41, 5.74) is 4.96. The van der Waals surface area contributed by atoms with Crippen LogP contribution in [0.25, 0.3) is 0 Å². The standard InChI is InChI=1S/C30H64NO4P.C2H6O2/c1-6-11-14-15-16-17-18-19-20-23-30(26-28(9-4)21-12-7-2,27-29(10-5)22-13-8-3)35-36(32,33)34-25-24-31;3-1-2-4/h28-29H,6-27,31H2,1-5H3,(H,32,33);3-4H,1-2H2. The van der Waals surface area contributed by atoms with Crippen LogP contribution in [0.4, 0.5) is 0 Å². The van der Waals surface area contributed by atoms with Crippen LogP contribution >= 0.6 is 7.82 Å². The number of nitrogens with two attached hydrogens (primary N) is 1. The Labute approximate surface area is 249 Å². The number of phosphoric acid groups is 1. The molecule has 0 radical (unpaired) electrons. The van der Waals surface area contributed by atoms with E-state index in [2.05, 4.69) is 34.6 Å². The molecule has 0 aliphatic heterocycles. The van der Waals surface area contributed by atoms with Crippen LogP contribution in [0.15, 0.2) is 0 Å². The lowest BCUT2D eigenvalue weighted by atomic mass is 9.76. The maximum Gasteiger partial charge on any atom is 0.472 e. The molecule has 0 saturated carbocycles. The molecule has 244 valence electrons. The van der Waals surface area contributed by atoms with Crippen LogP contribution in [0.2, 0.25) is 0 Å². The zero-order valence-corrected chi connectivity index (χ0v) is 28.1. The second-order valence-corrected chi connectivity index (χ2v) is 13.0. The normalized spacial score (nSPS) is 16.0. The minimum Gasteiger partial charge on any atom is -0.394 e. The van der Waals surface area contributed by atoms with Gasteiger partial charge in [-0.3, -0.25) is 9.05 Å². The summed E-state index contributed by atoms with van der Waals surface area (Å²) in [5.74, 6) is 1.00. The Morgan fingerprint density at radius 3 is 1.50 bits per heavy atom. The molecule has 0 aromatic rings. The number of rotatable bonds is 28. The summed E-state index contributed by atoms with van der Waals surface area (Å²) in [6.45, 7) is 11.2. The highest BCUT2D eigenvalue weighted by Gasteiger charge is 2.41. The van der Waals surface area contributed by atoms with E-state index in [1.165, 1.54) is 70.6 Å². The van der Waals surface area contributed by atoms with Gasteiger partial charge in [0.15, 0.2) is 0 Å². The Hall–Kier alpha value is -0.0100. The molecule has 0 aromatic heterocycles. The monoisotopic (exact) mass is 595 g/mol. The highest BCUT2D eigenvalue weighted by Crippen LogP contribution is 2.53. The van der Waals surface area contributed by atoms with Crippen LogP contribution in [0.3, 0.4) is 0 Å². The molecule has 40 heavy (non-hydrogen) atoms. The Bertz CT molecular complexity index is 546. The fourth-order valence-corrected chi connectivity index (χ4v) is 6.66. The van der Waals surface area contributed by atoms with E-state index in [0.717, 1.165) is 57.8 Å². The van der Waals surface area contributed by atoms with E-state index in [9.17, 15) is 9.46 Å². The second-order valence-electron chi connectivity index (χ2n) is 11.6. The molecule has 0 aliphatic carbocycles. The minimum absolute atomic E-state index is 0.0436. The number of hydrogen-bond donors (Lipinski definition) is 4. The number of aliphatic hydroxyl groups excluding tert-OH is 2. The van der Waals surface area contributed by atoms with Gasteiger partial charge in [-0.2, -0.15) is 0 Å². The first-order chi connectivity index (χ1) is 19.2. The van der Waals surface area contributed by atoms with Crippen molar-refractivity contribution in [3.05, 3.63) is 0 Å². The summed E-state index contributed by atoms with van der Waals surface area (Å²) in [6, 6.07) is 0. The van der Waals surface area contributed by atoms with Crippen molar-refractivity contribution < 1.29 is 28.7 Å². The molecule has 0 aliphatic rings. The Kier molecular flexibility index (Phi) is 30.6. The lowest BCUT2D eigenvalue weighted by molar-refractivity contribution is -0.0255. The van der Waals surface area contributed by atoms with Gasteiger partial charge in [0.1, 0.15) is 0 Å². The molecular weight excluding hydrogens is 525 g/mol. The van der Waals surface area contributed by atoms with E-state index in [1.54, 1.807) is 0 Å². The summed E-state index contributed by atoms with van der Waals surface area (Å²) in [7, 11) is -4.17. The predicted octanol–water partition coefficient (Wildman–Crippen LogP) is 8.92. The van der Waals surface area contributed by atoms with Gasteiger partial charge in [-0.1, -0.05) is 144 Å². The molecule has 3 atom stereocenters. The summed E-state index contributed by atoms with van der Waals surface area (Å²) >= 11 is 0. The molecule has 5 N–H and O–H groups in total. The van der Waals surface area contributed by atoms with Crippen molar-refractivity contribution in [1.82, 2.24) is 0 Å². The highest BCUT2D eigenvalue weighted by molar-refractivity contribution is 7.47. The molecule has 0 heterocycles. The largest absolute Gasteiger partial charge is 0.472 e. The van der Waals surface area contributed by atoms with Crippen molar-refractivity contribution in [2.45, 2.75) is 169 Å². The molecule has 0 rings (SSSR count). The number of hydrogen-bond acceptors (Lipinski definition) is 6. The molecule has 0 bridgehead atoms. The average molecular weight is 596 g/mol. The van der Waals surface area contributed by atoms with E-state index < -0.39 is 13.4 Å². The van der Waals surface area contributed by atoms with Crippen molar-refractivity contribution in [1.29, 1.82) is 0 Å².